The normalized spacial score (nSPS) is 11.9. The highest BCUT2D eigenvalue weighted by atomic mass is 32.1. The van der Waals surface area contributed by atoms with Crippen LogP contribution < -0.4 is 0 Å². The first-order valence-electron chi connectivity index (χ1n) is 22.8. The molecule has 306 valence electrons. The van der Waals surface area contributed by atoms with Gasteiger partial charge in [0.2, 0.25) is 0 Å². The number of thiophene rings is 1. The molecule has 0 aliphatic rings. The van der Waals surface area contributed by atoms with Crippen LogP contribution in [0.4, 0.5) is 0 Å². The number of aromatic nitrogens is 1. The topological polar surface area (TPSA) is 4.93 Å². The molecule has 2 aromatic heterocycles. The zero-order valence-corrected chi connectivity index (χ0v) is 36.7. The Labute approximate surface area is 385 Å². The first-order chi connectivity index (χ1) is 32.8. The highest BCUT2D eigenvalue weighted by Gasteiger charge is 2.23. The molecule has 0 saturated heterocycles. The molecule has 0 aliphatic carbocycles. The zero-order chi connectivity index (χ0) is 43.3. The molecule has 0 spiro atoms. The Morgan fingerprint density at radius 2 is 0.712 bits per heavy atom. The summed E-state index contributed by atoms with van der Waals surface area (Å²) in [6.45, 7) is 0. The fraction of sp³-hybridized carbons (Fsp3) is 0. The lowest BCUT2D eigenvalue weighted by Gasteiger charge is -2.18. The second-order valence-corrected chi connectivity index (χ2v) is 18.5. The van der Waals surface area contributed by atoms with Crippen molar-refractivity contribution < 1.29 is 0 Å². The first kappa shape index (κ1) is 37.1. The van der Waals surface area contributed by atoms with E-state index in [-0.39, 0.29) is 0 Å². The van der Waals surface area contributed by atoms with Crippen molar-refractivity contribution in [1.29, 1.82) is 0 Å². The van der Waals surface area contributed by atoms with Gasteiger partial charge in [-0.1, -0.05) is 206 Å². The summed E-state index contributed by atoms with van der Waals surface area (Å²) in [6.07, 6.45) is 0. The maximum atomic E-state index is 2.46. The van der Waals surface area contributed by atoms with Crippen molar-refractivity contribution in [2.24, 2.45) is 0 Å². The summed E-state index contributed by atoms with van der Waals surface area (Å²) in [5, 5.41) is 15.3. The summed E-state index contributed by atoms with van der Waals surface area (Å²) < 4.78 is 5.03. The van der Waals surface area contributed by atoms with Crippen LogP contribution in [0.1, 0.15) is 0 Å². The Bertz CT molecular complexity index is 4160. The van der Waals surface area contributed by atoms with Crippen LogP contribution >= 0.6 is 11.3 Å². The van der Waals surface area contributed by atoms with E-state index in [0.29, 0.717) is 0 Å². The van der Waals surface area contributed by atoms with Crippen LogP contribution in [0.3, 0.4) is 0 Å². The Hall–Kier alpha value is -8.30. The van der Waals surface area contributed by atoms with Gasteiger partial charge in [0.25, 0.3) is 0 Å². The van der Waals surface area contributed by atoms with Gasteiger partial charge in [-0.25, -0.2) is 0 Å². The minimum absolute atomic E-state index is 1.16. The van der Waals surface area contributed by atoms with E-state index in [1.54, 1.807) is 0 Å². The Morgan fingerprint density at radius 1 is 0.273 bits per heavy atom. The summed E-state index contributed by atoms with van der Waals surface area (Å²) in [5.41, 5.74) is 13.7. The van der Waals surface area contributed by atoms with Gasteiger partial charge in [0.15, 0.2) is 0 Å². The van der Waals surface area contributed by atoms with Crippen molar-refractivity contribution >= 4 is 96.4 Å². The summed E-state index contributed by atoms with van der Waals surface area (Å²) in [5.74, 6) is 0. The van der Waals surface area contributed by atoms with Gasteiger partial charge in [-0.2, -0.15) is 0 Å². The molecule has 0 atom stereocenters. The van der Waals surface area contributed by atoms with Crippen LogP contribution in [0.25, 0.3) is 135 Å². The largest absolute Gasteiger partial charge is 0.309 e. The van der Waals surface area contributed by atoms with Gasteiger partial charge in [0.05, 0.1) is 11.0 Å². The standard InChI is InChI=1S/C64H39NS/c1-3-19-40(20-4-1)59-44-23-7-13-29-50(44)62(51-30-14-8-24-45(51)59)55-34-17-32-52-43-38-37-41(39-58(43)66-64(52)55)60-46-25-9-11-27-48(46)61(49-28-12-10-26-47(49)60)54-33-18-36-57-63(54)53-31-15-16-35-56(53)65(57)42-21-5-2-6-22-42/h1-39H. The molecule has 12 aromatic carbocycles. The summed E-state index contributed by atoms with van der Waals surface area (Å²) in [4.78, 5) is 0. The molecule has 0 bridgehead atoms. The fourth-order valence-electron chi connectivity index (χ4n) is 11.3. The Morgan fingerprint density at radius 3 is 1.32 bits per heavy atom. The van der Waals surface area contributed by atoms with E-state index in [4.69, 9.17) is 0 Å². The molecular formula is C64H39NS. The maximum absolute atomic E-state index is 2.46. The van der Waals surface area contributed by atoms with Gasteiger partial charge in [-0.15, -0.1) is 11.3 Å². The van der Waals surface area contributed by atoms with E-state index < -0.39 is 0 Å². The third-order valence-corrected chi connectivity index (χ3v) is 15.2. The van der Waals surface area contributed by atoms with E-state index in [0.717, 1.165) is 5.69 Å². The lowest BCUT2D eigenvalue weighted by atomic mass is 9.84. The average Bonchev–Trinajstić information content (AvgIpc) is 3.93. The second kappa shape index (κ2) is 14.6. The van der Waals surface area contributed by atoms with Crippen LogP contribution in [0.2, 0.25) is 0 Å². The van der Waals surface area contributed by atoms with Crippen LogP contribution in [0.5, 0.6) is 0 Å². The van der Waals surface area contributed by atoms with E-state index in [9.17, 15) is 0 Å². The third-order valence-electron chi connectivity index (χ3n) is 14.0. The highest BCUT2D eigenvalue weighted by Crippen LogP contribution is 2.51. The molecule has 0 unspecified atom stereocenters. The lowest BCUT2D eigenvalue weighted by molar-refractivity contribution is 1.18. The van der Waals surface area contributed by atoms with Gasteiger partial charge in [-0.3, -0.25) is 0 Å². The van der Waals surface area contributed by atoms with Gasteiger partial charge >= 0.3 is 0 Å². The van der Waals surface area contributed by atoms with Crippen molar-refractivity contribution in [3.8, 4) is 50.2 Å². The van der Waals surface area contributed by atoms with Gasteiger partial charge in [-0.05, 0) is 112 Å². The van der Waals surface area contributed by atoms with Gasteiger partial charge in [0.1, 0.15) is 0 Å². The molecule has 0 amide bonds. The molecule has 2 heterocycles. The number of benzene rings is 12. The van der Waals surface area contributed by atoms with E-state index in [1.807, 2.05) is 11.3 Å². The van der Waals surface area contributed by atoms with E-state index in [2.05, 4.69) is 241 Å². The molecule has 1 nitrogen and oxygen atoms in total. The number of nitrogens with zero attached hydrogens (tertiary/aromatic N) is 1. The predicted octanol–water partition coefficient (Wildman–Crippen LogP) is 18.4. The van der Waals surface area contributed by atoms with Crippen LogP contribution in [-0.2, 0) is 0 Å². The van der Waals surface area contributed by atoms with Gasteiger partial charge < -0.3 is 4.57 Å². The zero-order valence-electron chi connectivity index (χ0n) is 35.9. The first-order valence-corrected chi connectivity index (χ1v) is 23.6. The maximum Gasteiger partial charge on any atom is 0.0547 e. The lowest BCUT2D eigenvalue weighted by Crippen LogP contribution is -1.93. The third kappa shape index (κ3) is 5.40. The summed E-state index contributed by atoms with van der Waals surface area (Å²) in [7, 11) is 0. The predicted molar refractivity (Wildman–Crippen MR) is 285 cm³/mol. The number of hydrogen-bond acceptors (Lipinski definition) is 1. The van der Waals surface area contributed by atoms with Crippen molar-refractivity contribution in [2.45, 2.75) is 0 Å². The molecule has 14 aromatic rings. The van der Waals surface area contributed by atoms with Crippen molar-refractivity contribution in [1.82, 2.24) is 4.57 Å². The van der Waals surface area contributed by atoms with E-state index in [1.165, 1.54) is 130 Å². The SMILES string of the molecule is c1ccc(-c2c3ccccc3c(-c3cccc4c3sc3cc(-c5c6ccccc6c(-c6cccc7c6c6ccccc6n7-c6ccccc6)c6ccccc56)ccc34)c3ccccc23)cc1. The Balaban J connectivity index is 1.00. The number of rotatable bonds is 5. The fourth-order valence-corrected chi connectivity index (χ4v) is 12.6. The highest BCUT2D eigenvalue weighted by molar-refractivity contribution is 7.26. The molecule has 2 heteroatoms. The quantitative estimate of drug-likeness (QED) is 0.152. The average molecular weight is 854 g/mol. The number of para-hydroxylation sites is 2. The van der Waals surface area contributed by atoms with Crippen molar-refractivity contribution in [3.05, 3.63) is 237 Å². The van der Waals surface area contributed by atoms with E-state index >= 15 is 0 Å². The summed E-state index contributed by atoms with van der Waals surface area (Å²) >= 11 is 1.92. The molecule has 0 fully saturated rings. The number of hydrogen-bond donors (Lipinski definition) is 0. The Kier molecular flexibility index (Phi) is 8.22. The smallest absolute Gasteiger partial charge is 0.0547 e. The van der Waals surface area contributed by atoms with Crippen molar-refractivity contribution in [2.75, 3.05) is 0 Å². The van der Waals surface area contributed by atoms with Crippen LogP contribution in [0.15, 0.2) is 237 Å². The molecule has 0 saturated carbocycles. The molecule has 0 N–H and O–H groups in total. The van der Waals surface area contributed by atoms with Gasteiger partial charge in [0, 0.05) is 42.2 Å². The molecular weight excluding hydrogens is 815 g/mol. The number of fused-ring (bicyclic) bond motifs is 10. The molecule has 14 rings (SSSR count). The monoisotopic (exact) mass is 853 g/mol. The van der Waals surface area contributed by atoms with Crippen LogP contribution in [-0.4, -0.2) is 4.57 Å². The van der Waals surface area contributed by atoms with Crippen molar-refractivity contribution in [3.63, 3.8) is 0 Å². The molecule has 0 aliphatic heterocycles. The minimum Gasteiger partial charge on any atom is -0.309 e. The molecule has 0 radical (unpaired) electrons. The molecule has 66 heavy (non-hydrogen) atoms. The summed E-state index contributed by atoms with van der Waals surface area (Å²) in [6, 6.07) is 87.6. The minimum atomic E-state index is 1.16. The van der Waals surface area contributed by atoms with Crippen LogP contribution in [0, 0.1) is 0 Å². The second-order valence-electron chi connectivity index (χ2n) is 17.4.